The zero-order valence-corrected chi connectivity index (χ0v) is 19.5. The van der Waals surface area contributed by atoms with Crippen LogP contribution in [0.4, 0.5) is 11.6 Å². The number of fused-ring (bicyclic) bond motifs is 1. The molecule has 0 amide bonds. The van der Waals surface area contributed by atoms with Crippen LogP contribution in [0.2, 0.25) is 6.32 Å². The maximum absolute atomic E-state index is 10.4. The predicted octanol–water partition coefficient (Wildman–Crippen LogP) is 3.65. The quantitative estimate of drug-likeness (QED) is 0.558. The van der Waals surface area contributed by atoms with Gasteiger partial charge < -0.3 is 15.3 Å². The average Bonchev–Trinajstić information content (AvgIpc) is 2.78. The number of anilines is 2. The van der Waals surface area contributed by atoms with E-state index in [0.29, 0.717) is 12.0 Å². The molecule has 167 valence electrons. The lowest BCUT2D eigenvalue weighted by Gasteiger charge is -2.37. The number of pyridine rings is 1. The Morgan fingerprint density at radius 3 is 2.59 bits per heavy atom. The lowest BCUT2D eigenvalue weighted by molar-refractivity contribution is -0.0236. The molecule has 32 heavy (non-hydrogen) atoms. The molecule has 1 aliphatic heterocycles. The molecule has 0 unspecified atom stereocenters. The Balaban J connectivity index is 1.36. The highest BCUT2D eigenvalue weighted by Crippen LogP contribution is 2.34. The summed E-state index contributed by atoms with van der Waals surface area (Å²) in [4.78, 5) is 15.9. The molecule has 2 N–H and O–H groups in total. The van der Waals surface area contributed by atoms with Crippen molar-refractivity contribution in [2.45, 2.75) is 58.5 Å². The molecule has 6 nitrogen and oxygen atoms in total. The van der Waals surface area contributed by atoms with Crippen molar-refractivity contribution in [3.8, 4) is 0 Å². The first-order valence-electron chi connectivity index (χ1n) is 11.5. The summed E-state index contributed by atoms with van der Waals surface area (Å²) in [5.41, 5.74) is 2.30. The minimum atomic E-state index is -0.738. The summed E-state index contributed by atoms with van der Waals surface area (Å²) in [6.07, 6.45) is 8.51. The molecule has 1 radical (unpaired) electrons. The minimum absolute atomic E-state index is 0.209. The number of piperidine rings is 1. The normalized spacial score (nSPS) is 15.7. The van der Waals surface area contributed by atoms with Crippen molar-refractivity contribution in [2.24, 2.45) is 5.41 Å². The van der Waals surface area contributed by atoms with Gasteiger partial charge >= 0.3 is 0 Å². The Morgan fingerprint density at radius 1 is 1.12 bits per heavy atom. The first kappa shape index (κ1) is 22.5. The number of nitrogens with zero attached hydrogens (tertiary/aromatic N) is 4. The van der Waals surface area contributed by atoms with Gasteiger partial charge in [-0.2, -0.15) is 0 Å². The maximum atomic E-state index is 10.4. The average molecular weight is 430 g/mol. The fraction of sp³-hybridized carbons (Fsp3) is 0.480. The standard InChI is InChI=1S/C25H33BN5O/c1-24(2,25(3,4)32)17-26-19-7-8-22-18(14-19)15-28-23(30-22)29-20-9-12-31(13-10-20)21-6-5-11-27-16-21/h5-8,11,14-16,20,32H,9-10,12-13,17H2,1-4H3,(H,28,29,30). The van der Waals surface area contributed by atoms with Crippen molar-refractivity contribution in [3.63, 3.8) is 0 Å². The zero-order valence-electron chi connectivity index (χ0n) is 19.5. The lowest BCUT2D eigenvalue weighted by Crippen LogP contribution is -2.40. The number of benzene rings is 1. The van der Waals surface area contributed by atoms with Crippen LogP contribution in [0.5, 0.6) is 0 Å². The third kappa shape index (κ3) is 5.21. The van der Waals surface area contributed by atoms with Gasteiger partial charge in [0, 0.05) is 36.9 Å². The fourth-order valence-electron chi connectivity index (χ4n) is 3.88. The molecule has 3 heterocycles. The van der Waals surface area contributed by atoms with E-state index in [9.17, 15) is 5.11 Å². The highest BCUT2D eigenvalue weighted by molar-refractivity contribution is 6.53. The molecular weight excluding hydrogens is 397 g/mol. The van der Waals surface area contributed by atoms with Crippen LogP contribution in [-0.2, 0) is 0 Å². The number of hydrogen-bond acceptors (Lipinski definition) is 6. The van der Waals surface area contributed by atoms with Gasteiger partial charge in [0.05, 0.1) is 23.0 Å². The Bertz CT molecular complexity index is 1040. The van der Waals surface area contributed by atoms with E-state index in [0.717, 1.165) is 48.6 Å². The molecule has 0 saturated carbocycles. The number of rotatable bonds is 7. The van der Waals surface area contributed by atoms with Crippen molar-refractivity contribution < 1.29 is 5.11 Å². The number of aliphatic hydroxyl groups is 1. The molecule has 1 saturated heterocycles. The number of aromatic nitrogens is 3. The van der Waals surface area contributed by atoms with Crippen LogP contribution in [0.25, 0.3) is 10.9 Å². The molecular formula is C25H33BN5O. The van der Waals surface area contributed by atoms with Gasteiger partial charge in [0.1, 0.15) is 0 Å². The molecule has 3 aromatic rings. The number of nitrogens with one attached hydrogen (secondary N) is 1. The summed E-state index contributed by atoms with van der Waals surface area (Å²) in [5.74, 6) is 0.692. The van der Waals surface area contributed by atoms with Gasteiger partial charge in [-0.3, -0.25) is 4.98 Å². The third-order valence-electron chi connectivity index (χ3n) is 6.95. The van der Waals surface area contributed by atoms with Crippen molar-refractivity contribution in [1.29, 1.82) is 0 Å². The smallest absolute Gasteiger partial charge is 0.223 e. The topological polar surface area (TPSA) is 74.2 Å². The maximum Gasteiger partial charge on any atom is 0.223 e. The van der Waals surface area contributed by atoms with Gasteiger partial charge in [0.15, 0.2) is 7.28 Å². The fourth-order valence-corrected chi connectivity index (χ4v) is 3.88. The van der Waals surface area contributed by atoms with Crippen molar-refractivity contribution in [3.05, 3.63) is 48.9 Å². The van der Waals surface area contributed by atoms with Gasteiger partial charge in [0.25, 0.3) is 0 Å². The molecule has 4 rings (SSSR count). The van der Waals surface area contributed by atoms with Gasteiger partial charge in [0.2, 0.25) is 5.95 Å². The molecule has 0 aliphatic carbocycles. The summed E-state index contributed by atoms with van der Waals surface area (Å²) in [7, 11) is 2.18. The van der Waals surface area contributed by atoms with E-state index < -0.39 is 5.60 Å². The van der Waals surface area contributed by atoms with E-state index in [1.807, 2.05) is 38.5 Å². The zero-order chi connectivity index (χ0) is 22.8. The highest BCUT2D eigenvalue weighted by atomic mass is 16.3. The van der Waals surface area contributed by atoms with E-state index >= 15 is 0 Å². The first-order valence-corrected chi connectivity index (χ1v) is 11.5. The van der Waals surface area contributed by atoms with Crippen molar-refractivity contribution in [1.82, 2.24) is 15.0 Å². The molecule has 1 aromatic carbocycles. The van der Waals surface area contributed by atoms with Crippen LogP contribution >= 0.6 is 0 Å². The Hall–Kier alpha value is -2.67. The Kier molecular flexibility index (Phi) is 6.38. The van der Waals surface area contributed by atoms with E-state index in [1.165, 1.54) is 5.69 Å². The molecule has 1 aliphatic rings. The summed E-state index contributed by atoms with van der Waals surface area (Å²) in [6.45, 7) is 9.91. The second-order valence-corrected chi connectivity index (χ2v) is 9.98. The minimum Gasteiger partial charge on any atom is -0.390 e. The van der Waals surface area contributed by atoms with E-state index in [1.54, 1.807) is 0 Å². The molecule has 0 bridgehead atoms. The molecule has 0 spiro atoms. The SMILES string of the molecule is CC(C)(O)C(C)(C)C[B]c1ccc2nc(NC3CCN(c4cccnc4)CC3)ncc2c1. The molecule has 1 fully saturated rings. The summed E-state index contributed by atoms with van der Waals surface area (Å²) in [6, 6.07) is 10.7. The Labute approximate surface area is 191 Å². The molecule has 0 atom stereocenters. The monoisotopic (exact) mass is 430 g/mol. The predicted molar refractivity (Wildman–Crippen MR) is 133 cm³/mol. The molecule has 2 aromatic heterocycles. The van der Waals surface area contributed by atoms with Gasteiger partial charge in [-0.15, -0.1) is 0 Å². The van der Waals surface area contributed by atoms with Crippen LogP contribution in [0.3, 0.4) is 0 Å². The van der Waals surface area contributed by atoms with Crippen molar-refractivity contribution in [2.75, 3.05) is 23.3 Å². The van der Waals surface area contributed by atoms with Crippen LogP contribution in [0, 0.1) is 5.41 Å². The largest absolute Gasteiger partial charge is 0.390 e. The van der Waals surface area contributed by atoms with Crippen LogP contribution in [0.15, 0.2) is 48.9 Å². The third-order valence-corrected chi connectivity index (χ3v) is 6.95. The van der Waals surface area contributed by atoms with E-state index in [4.69, 9.17) is 4.98 Å². The number of hydrogen-bond donors (Lipinski definition) is 2. The highest BCUT2D eigenvalue weighted by Gasteiger charge is 2.34. The van der Waals surface area contributed by atoms with Gasteiger partial charge in [-0.1, -0.05) is 37.8 Å². The van der Waals surface area contributed by atoms with Gasteiger partial charge in [-0.25, -0.2) is 9.97 Å². The molecule has 7 heteroatoms. The van der Waals surface area contributed by atoms with Crippen molar-refractivity contribution >= 4 is 35.3 Å². The van der Waals surface area contributed by atoms with Crippen LogP contribution in [-0.4, -0.2) is 52.1 Å². The second kappa shape index (κ2) is 9.06. The summed E-state index contributed by atoms with van der Waals surface area (Å²) >= 11 is 0. The van der Waals surface area contributed by atoms with Crippen LogP contribution in [0.1, 0.15) is 40.5 Å². The first-order chi connectivity index (χ1) is 15.2. The van der Waals surface area contributed by atoms with E-state index in [2.05, 4.69) is 65.6 Å². The summed E-state index contributed by atoms with van der Waals surface area (Å²) < 4.78 is 0. The second-order valence-electron chi connectivity index (χ2n) is 9.98. The summed E-state index contributed by atoms with van der Waals surface area (Å²) in [5, 5.41) is 14.9. The Morgan fingerprint density at radius 2 is 1.91 bits per heavy atom. The van der Waals surface area contributed by atoms with E-state index in [-0.39, 0.29) is 5.41 Å². The van der Waals surface area contributed by atoms with Gasteiger partial charge in [-0.05, 0) is 50.3 Å². The van der Waals surface area contributed by atoms with Crippen LogP contribution < -0.4 is 15.7 Å². The lowest BCUT2D eigenvalue weighted by atomic mass is 9.56.